The fourth-order valence-electron chi connectivity index (χ4n) is 2.18. The van der Waals surface area contributed by atoms with E-state index in [1.165, 1.54) is 26.0 Å². The van der Waals surface area contributed by atoms with Crippen molar-refractivity contribution in [2.75, 3.05) is 0 Å². The second-order valence-corrected chi connectivity index (χ2v) is 5.65. The number of nitrogens with zero attached hydrogens (tertiary/aromatic N) is 3. The van der Waals surface area contributed by atoms with Crippen LogP contribution < -0.4 is 0 Å². The average molecular weight is 345 g/mol. The monoisotopic (exact) mass is 345 g/mol. The lowest BCUT2D eigenvalue weighted by molar-refractivity contribution is -0.384. The predicted octanol–water partition coefficient (Wildman–Crippen LogP) is 2.44. The Balaban J connectivity index is 2.43. The Labute approximate surface area is 134 Å². The van der Waals surface area contributed by atoms with Crippen molar-refractivity contribution < 1.29 is 28.0 Å². The first-order chi connectivity index (χ1) is 11.0. The Hall–Kier alpha value is -2.49. The summed E-state index contributed by atoms with van der Waals surface area (Å²) < 4.78 is 39.8. The van der Waals surface area contributed by atoms with Crippen molar-refractivity contribution in [1.29, 1.82) is 0 Å². The standard InChI is InChI=1S/C14H14F3N3O4/c1-8(2)12(21)19-13(22,14(15,16)17)7-11(18-19)9-3-5-10(6-4-9)20(23)24/h3-6,8,22H,7H2,1-2H3/t13-/m0/s1. The number of alkyl halides is 3. The number of nitro groups is 1. The van der Waals surface area contributed by atoms with Gasteiger partial charge in [0.1, 0.15) is 0 Å². The molecule has 1 amide bonds. The fraction of sp³-hybridized carbons (Fsp3) is 0.429. The summed E-state index contributed by atoms with van der Waals surface area (Å²) in [5.74, 6) is -1.79. The van der Waals surface area contributed by atoms with Crippen molar-refractivity contribution >= 4 is 17.3 Å². The Kier molecular flexibility index (Phi) is 4.36. The third kappa shape index (κ3) is 2.96. The predicted molar refractivity (Wildman–Crippen MR) is 76.9 cm³/mol. The Morgan fingerprint density at radius 2 is 1.92 bits per heavy atom. The van der Waals surface area contributed by atoms with E-state index in [2.05, 4.69) is 5.10 Å². The molecule has 1 aromatic rings. The molecule has 0 aliphatic carbocycles. The number of nitro benzene ring substituents is 1. The molecule has 0 fully saturated rings. The number of halogens is 3. The quantitative estimate of drug-likeness (QED) is 0.672. The van der Waals surface area contributed by atoms with Gasteiger partial charge in [0.2, 0.25) is 5.91 Å². The topological polar surface area (TPSA) is 96.0 Å². The zero-order valence-corrected chi connectivity index (χ0v) is 12.7. The van der Waals surface area contributed by atoms with Crippen molar-refractivity contribution in [1.82, 2.24) is 5.01 Å². The summed E-state index contributed by atoms with van der Waals surface area (Å²) >= 11 is 0. The van der Waals surface area contributed by atoms with Crippen molar-refractivity contribution in [2.45, 2.75) is 32.2 Å². The van der Waals surface area contributed by atoms with Gasteiger partial charge in [-0.2, -0.15) is 23.3 Å². The van der Waals surface area contributed by atoms with Gasteiger partial charge in [-0.25, -0.2) is 0 Å². The molecule has 0 unspecified atom stereocenters. The SMILES string of the molecule is CC(C)C(=O)N1N=C(c2ccc([N+](=O)[O-])cc2)C[C@]1(O)C(F)(F)F. The number of hydrazone groups is 1. The largest absolute Gasteiger partial charge is 0.438 e. The summed E-state index contributed by atoms with van der Waals surface area (Å²) in [7, 11) is 0. The van der Waals surface area contributed by atoms with E-state index in [1.807, 2.05) is 0 Å². The minimum Gasteiger partial charge on any atom is -0.362 e. The number of benzene rings is 1. The highest BCUT2D eigenvalue weighted by atomic mass is 19.4. The maximum atomic E-state index is 13.3. The number of carbonyl (C=O) groups excluding carboxylic acids is 1. The molecule has 0 bridgehead atoms. The van der Waals surface area contributed by atoms with E-state index in [1.54, 1.807) is 0 Å². The molecule has 0 radical (unpaired) electrons. The lowest BCUT2D eigenvalue weighted by Crippen LogP contribution is -2.57. The highest BCUT2D eigenvalue weighted by Crippen LogP contribution is 2.42. The van der Waals surface area contributed by atoms with Gasteiger partial charge in [0, 0.05) is 18.1 Å². The first-order valence-corrected chi connectivity index (χ1v) is 6.93. The van der Waals surface area contributed by atoms with Crippen LogP contribution in [0.5, 0.6) is 0 Å². The van der Waals surface area contributed by atoms with Crippen LogP contribution in [0.2, 0.25) is 0 Å². The molecule has 0 saturated heterocycles. The maximum absolute atomic E-state index is 13.3. The fourth-order valence-corrected chi connectivity index (χ4v) is 2.18. The highest BCUT2D eigenvalue weighted by Gasteiger charge is 2.63. The first-order valence-electron chi connectivity index (χ1n) is 6.93. The molecule has 2 rings (SSSR count). The summed E-state index contributed by atoms with van der Waals surface area (Å²) in [5, 5.41) is 24.3. The van der Waals surface area contributed by atoms with E-state index in [-0.39, 0.29) is 22.0 Å². The maximum Gasteiger partial charge on any atom is 0.438 e. The number of carbonyl (C=O) groups is 1. The number of amides is 1. The zero-order chi connectivity index (χ0) is 18.3. The van der Waals surface area contributed by atoms with Gasteiger partial charge in [-0.15, -0.1) is 0 Å². The van der Waals surface area contributed by atoms with E-state index >= 15 is 0 Å². The lowest BCUT2D eigenvalue weighted by Gasteiger charge is -2.33. The summed E-state index contributed by atoms with van der Waals surface area (Å²) in [5.41, 5.74) is -3.70. The molecule has 7 nitrogen and oxygen atoms in total. The van der Waals surface area contributed by atoms with Crippen LogP contribution in [-0.2, 0) is 4.79 Å². The highest BCUT2D eigenvalue weighted by molar-refractivity contribution is 6.03. The Bertz CT molecular complexity index is 700. The average Bonchev–Trinajstić information content (AvgIpc) is 2.85. The Morgan fingerprint density at radius 1 is 1.38 bits per heavy atom. The molecular weight excluding hydrogens is 331 g/mol. The minimum absolute atomic E-state index is 0.0500. The van der Waals surface area contributed by atoms with Crippen LogP contribution in [0.25, 0.3) is 0 Å². The third-order valence-corrected chi connectivity index (χ3v) is 3.55. The zero-order valence-electron chi connectivity index (χ0n) is 12.7. The molecule has 24 heavy (non-hydrogen) atoms. The molecule has 1 aliphatic rings. The Morgan fingerprint density at radius 3 is 2.33 bits per heavy atom. The van der Waals surface area contributed by atoms with Crippen LogP contribution in [0.4, 0.5) is 18.9 Å². The summed E-state index contributed by atoms with van der Waals surface area (Å²) in [6.45, 7) is 2.77. The normalized spacial score (nSPS) is 21.1. The van der Waals surface area contributed by atoms with E-state index < -0.39 is 35.1 Å². The molecule has 130 valence electrons. The summed E-state index contributed by atoms with van der Waals surface area (Å²) in [6.07, 6.45) is -6.06. The first kappa shape index (κ1) is 17.9. The summed E-state index contributed by atoms with van der Waals surface area (Å²) in [4.78, 5) is 22.0. The molecule has 0 spiro atoms. The van der Waals surface area contributed by atoms with Crippen LogP contribution >= 0.6 is 0 Å². The number of rotatable bonds is 3. The molecule has 1 atom stereocenters. The lowest BCUT2D eigenvalue weighted by atomic mass is 10.00. The number of aliphatic hydroxyl groups is 1. The number of hydrogen-bond donors (Lipinski definition) is 1. The van der Waals surface area contributed by atoms with Gasteiger partial charge in [-0.05, 0) is 17.7 Å². The van der Waals surface area contributed by atoms with Crippen LogP contribution in [0, 0.1) is 16.0 Å². The van der Waals surface area contributed by atoms with E-state index in [0.29, 0.717) is 0 Å². The molecule has 1 N–H and O–H groups in total. The van der Waals surface area contributed by atoms with Crippen molar-refractivity contribution in [2.24, 2.45) is 11.0 Å². The number of hydrogen-bond acceptors (Lipinski definition) is 5. The van der Waals surface area contributed by atoms with E-state index in [9.17, 15) is 33.2 Å². The van der Waals surface area contributed by atoms with Gasteiger partial charge < -0.3 is 5.11 Å². The van der Waals surface area contributed by atoms with Gasteiger partial charge in [-0.3, -0.25) is 14.9 Å². The van der Waals surface area contributed by atoms with Gasteiger partial charge in [0.15, 0.2) is 0 Å². The molecule has 1 heterocycles. The van der Waals surface area contributed by atoms with Crippen LogP contribution in [0.3, 0.4) is 0 Å². The molecule has 0 aromatic heterocycles. The molecular formula is C14H14F3N3O4. The second kappa shape index (κ2) is 5.86. The molecule has 1 aromatic carbocycles. The smallest absolute Gasteiger partial charge is 0.362 e. The van der Waals surface area contributed by atoms with Crippen LogP contribution in [0.1, 0.15) is 25.8 Å². The van der Waals surface area contributed by atoms with Crippen LogP contribution in [0.15, 0.2) is 29.4 Å². The minimum atomic E-state index is -5.11. The van der Waals surface area contributed by atoms with Crippen LogP contribution in [-0.4, -0.2) is 38.6 Å². The molecule has 10 heteroatoms. The van der Waals surface area contributed by atoms with Crippen molar-refractivity contribution in [3.63, 3.8) is 0 Å². The van der Waals surface area contributed by atoms with E-state index in [0.717, 1.165) is 12.1 Å². The van der Waals surface area contributed by atoms with Crippen molar-refractivity contribution in [3.8, 4) is 0 Å². The molecule has 0 saturated carbocycles. The van der Waals surface area contributed by atoms with Gasteiger partial charge in [0.05, 0.1) is 17.1 Å². The van der Waals surface area contributed by atoms with Gasteiger partial charge in [-0.1, -0.05) is 13.8 Å². The number of non-ortho nitro benzene ring substituents is 1. The van der Waals surface area contributed by atoms with E-state index in [4.69, 9.17) is 0 Å². The second-order valence-electron chi connectivity index (χ2n) is 5.65. The van der Waals surface area contributed by atoms with Gasteiger partial charge in [0.25, 0.3) is 11.4 Å². The third-order valence-electron chi connectivity index (χ3n) is 3.55. The molecule has 1 aliphatic heterocycles. The summed E-state index contributed by atoms with van der Waals surface area (Å²) in [6, 6.07) is 4.66. The van der Waals surface area contributed by atoms with Crippen molar-refractivity contribution in [3.05, 3.63) is 39.9 Å². The van der Waals surface area contributed by atoms with Gasteiger partial charge >= 0.3 is 6.18 Å².